The molecular weight excluding hydrogens is 406 g/mol. The zero-order valence-electron chi connectivity index (χ0n) is 17.8. The molecule has 3 atom stereocenters. The Bertz CT molecular complexity index is 1120. The second-order valence-corrected chi connectivity index (χ2v) is 8.09. The minimum atomic E-state index is -1.42. The van der Waals surface area contributed by atoms with E-state index in [2.05, 4.69) is 12.0 Å². The highest BCUT2D eigenvalue weighted by atomic mass is 16.5. The van der Waals surface area contributed by atoms with Crippen molar-refractivity contribution < 1.29 is 24.2 Å². The summed E-state index contributed by atoms with van der Waals surface area (Å²) >= 11 is 0. The second kappa shape index (κ2) is 8.99. The molecule has 0 spiro atoms. The van der Waals surface area contributed by atoms with Gasteiger partial charge < -0.3 is 14.6 Å². The molecule has 1 aliphatic rings. The van der Waals surface area contributed by atoms with Crippen molar-refractivity contribution in [1.82, 2.24) is 0 Å². The first-order valence-electron chi connectivity index (χ1n) is 10.0. The summed E-state index contributed by atoms with van der Waals surface area (Å²) in [6.07, 6.45) is 7.76. The summed E-state index contributed by atoms with van der Waals surface area (Å²) in [4.78, 5) is 24.3. The van der Waals surface area contributed by atoms with Crippen molar-refractivity contribution >= 4 is 11.9 Å². The number of terminal acetylenes is 1. The van der Waals surface area contributed by atoms with E-state index in [1.807, 2.05) is 18.2 Å². The fourth-order valence-electron chi connectivity index (χ4n) is 4.47. The Morgan fingerprint density at radius 1 is 1.19 bits per heavy atom. The molecule has 6 heteroatoms. The summed E-state index contributed by atoms with van der Waals surface area (Å²) in [5, 5.41) is 20.3. The molecule has 6 nitrogen and oxygen atoms in total. The molecule has 0 aliphatic heterocycles. The number of hydrogen-bond acceptors (Lipinski definition) is 5. The maximum absolute atomic E-state index is 12.5. The van der Waals surface area contributed by atoms with Gasteiger partial charge in [-0.25, -0.2) is 4.79 Å². The van der Waals surface area contributed by atoms with Gasteiger partial charge in [0.15, 0.2) is 6.61 Å². The van der Waals surface area contributed by atoms with Crippen molar-refractivity contribution in [2.24, 2.45) is 16.7 Å². The van der Waals surface area contributed by atoms with E-state index >= 15 is 0 Å². The molecule has 1 N–H and O–H groups in total. The van der Waals surface area contributed by atoms with Gasteiger partial charge in [0.2, 0.25) is 0 Å². The van der Waals surface area contributed by atoms with Crippen LogP contribution in [-0.4, -0.2) is 23.7 Å². The average Bonchev–Trinajstić information content (AvgIpc) is 3.27. The summed E-state index contributed by atoms with van der Waals surface area (Å²) in [5.41, 5.74) is -1.67. The van der Waals surface area contributed by atoms with Crippen molar-refractivity contribution in [3.63, 3.8) is 0 Å². The second-order valence-electron chi connectivity index (χ2n) is 8.09. The Morgan fingerprint density at radius 3 is 2.50 bits per heavy atom. The standard InChI is InChI=1S/C26H23NO5/c1-4-15-31-23(28)14-13-22-25(2,3)26(22,24(29)30)21(17-27)18-9-8-12-20(16-18)32-19-10-6-5-7-11-19/h1,5-14,16,21-22H,15H2,2-3H3,(H,29,30)/t21?,22-,26+/m0/s1. The van der Waals surface area contributed by atoms with E-state index in [4.69, 9.17) is 15.9 Å². The molecule has 3 rings (SSSR count). The van der Waals surface area contributed by atoms with Crippen LogP contribution in [0.3, 0.4) is 0 Å². The van der Waals surface area contributed by atoms with Crippen molar-refractivity contribution in [2.75, 3.05) is 6.61 Å². The summed E-state index contributed by atoms with van der Waals surface area (Å²) in [7, 11) is 0. The van der Waals surface area contributed by atoms with E-state index in [0.29, 0.717) is 17.1 Å². The first kappa shape index (κ1) is 22.7. The molecule has 0 heterocycles. The number of benzene rings is 2. The minimum Gasteiger partial charge on any atom is -0.481 e. The number of para-hydroxylation sites is 1. The van der Waals surface area contributed by atoms with Gasteiger partial charge in [0.05, 0.1) is 12.0 Å². The van der Waals surface area contributed by atoms with Crippen molar-refractivity contribution in [2.45, 2.75) is 19.8 Å². The molecule has 162 valence electrons. The predicted molar refractivity (Wildman–Crippen MR) is 118 cm³/mol. The van der Waals surface area contributed by atoms with Crippen LogP contribution in [0.1, 0.15) is 25.3 Å². The van der Waals surface area contributed by atoms with Gasteiger partial charge in [-0.2, -0.15) is 5.26 Å². The number of rotatable bonds is 8. The SMILES string of the molecule is C#CCOC(=O)C=C[C@H]1C(C)(C)[C@]1(C(=O)O)C(C#N)c1cccc(Oc2ccccc2)c1. The molecule has 0 bridgehead atoms. The van der Waals surface area contributed by atoms with E-state index in [0.717, 1.165) is 0 Å². The summed E-state index contributed by atoms with van der Waals surface area (Å²) in [5.74, 6) is 0.0395. The van der Waals surface area contributed by atoms with Gasteiger partial charge >= 0.3 is 11.9 Å². The minimum absolute atomic E-state index is 0.170. The number of carboxylic acid groups (broad SMARTS) is 1. The number of carboxylic acids is 1. The average molecular weight is 429 g/mol. The lowest BCUT2D eigenvalue weighted by Crippen LogP contribution is -2.28. The van der Waals surface area contributed by atoms with E-state index in [1.54, 1.807) is 50.2 Å². The van der Waals surface area contributed by atoms with Gasteiger partial charge in [-0.15, -0.1) is 6.42 Å². The van der Waals surface area contributed by atoms with E-state index in [-0.39, 0.29) is 6.61 Å². The lowest BCUT2D eigenvalue weighted by atomic mass is 9.78. The zero-order chi connectivity index (χ0) is 23.4. The van der Waals surface area contributed by atoms with Gasteiger partial charge in [-0.3, -0.25) is 4.79 Å². The number of nitriles is 1. The Balaban J connectivity index is 1.93. The Labute approximate surface area is 187 Å². The lowest BCUT2D eigenvalue weighted by molar-refractivity contribution is -0.145. The first-order valence-corrected chi connectivity index (χ1v) is 10.0. The molecule has 1 unspecified atom stereocenters. The van der Waals surface area contributed by atoms with Crippen molar-refractivity contribution in [1.29, 1.82) is 5.26 Å². The topological polar surface area (TPSA) is 96.6 Å². The highest BCUT2D eigenvalue weighted by Crippen LogP contribution is 2.75. The smallest absolute Gasteiger partial charge is 0.331 e. The number of allylic oxidation sites excluding steroid dienone is 1. The molecule has 1 fully saturated rings. The molecule has 32 heavy (non-hydrogen) atoms. The van der Waals surface area contributed by atoms with Crippen LogP contribution < -0.4 is 4.74 Å². The third-order valence-electron chi connectivity index (χ3n) is 6.08. The lowest BCUT2D eigenvalue weighted by Gasteiger charge is -2.22. The molecular formula is C26H23NO5. The number of esters is 1. The van der Waals surface area contributed by atoms with Gasteiger partial charge in [0, 0.05) is 12.0 Å². The quantitative estimate of drug-likeness (QED) is 0.376. The van der Waals surface area contributed by atoms with Crippen LogP contribution >= 0.6 is 0 Å². The largest absolute Gasteiger partial charge is 0.481 e. The Morgan fingerprint density at radius 2 is 1.88 bits per heavy atom. The van der Waals surface area contributed by atoms with E-state index in [1.165, 1.54) is 12.2 Å². The summed E-state index contributed by atoms with van der Waals surface area (Å²) in [6, 6.07) is 18.2. The molecule has 2 aromatic carbocycles. The molecule has 2 aromatic rings. The highest BCUT2D eigenvalue weighted by Gasteiger charge is 2.78. The van der Waals surface area contributed by atoms with Crippen molar-refractivity contribution in [3.8, 4) is 29.9 Å². The highest BCUT2D eigenvalue weighted by molar-refractivity contribution is 5.86. The van der Waals surface area contributed by atoms with Gasteiger partial charge in [0.1, 0.15) is 16.9 Å². The molecule has 1 aliphatic carbocycles. The maximum atomic E-state index is 12.5. The number of carbonyl (C=O) groups is 2. The van der Waals surface area contributed by atoms with Crippen LogP contribution in [0.4, 0.5) is 0 Å². The number of ether oxygens (including phenoxy) is 2. The van der Waals surface area contributed by atoms with Crippen LogP contribution in [0.15, 0.2) is 66.7 Å². The van der Waals surface area contributed by atoms with Crippen LogP contribution in [0.2, 0.25) is 0 Å². The summed E-state index contributed by atoms with van der Waals surface area (Å²) < 4.78 is 10.7. The van der Waals surface area contributed by atoms with Gasteiger partial charge in [-0.1, -0.05) is 56.2 Å². The number of aliphatic carboxylic acids is 1. The van der Waals surface area contributed by atoms with E-state index in [9.17, 15) is 20.0 Å². The molecule has 0 amide bonds. The maximum Gasteiger partial charge on any atom is 0.331 e. The monoisotopic (exact) mass is 429 g/mol. The molecule has 0 saturated heterocycles. The van der Waals surface area contributed by atoms with Crippen LogP contribution in [0, 0.1) is 40.4 Å². The molecule has 0 radical (unpaired) electrons. The number of carbonyl (C=O) groups excluding carboxylic acids is 1. The zero-order valence-corrected chi connectivity index (χ0v) is 17.8. The van der Waals surface area contributed by atoms with E-state index < -0.39 is 34.6 Å². The predicted octanol–water partition coefficient (Wildman–Crippen LogP) is 4.55. The first-order chi connectivity index (χ1) is 15.3. The normalized spacial score (nSPS) is 21.7. The van der Waals surface area contributed by atoms with Gasteiger partial charge in [0.25, 0.3) is 0 Å². The van der Waals surface area contributed by atoms with Crippen LogP contribution in [0.5, 0.6) is 11.5 Å². The number of nitrogens with zero attached hydrogens (tertiary/aromatic N) is 1. The Hall–Kier alpha value is -4.03. The fraction of sp³-hybridized carbons (Fsp3) is 0.269. The van der Waals surface area contributed by atoms with Crippen molar-refractivity contribution in [3.05, 3.63) is 72.3 Å². The van der Waals surface area contributed by atoms with Crippen LogP contribution in [0.25, 0.3) is 0 Å². The Kier molecular flexibility index (Phi) is 6.37. The van der Waals surface area contributed by atoms with Crippen LogP contribution in [-0.2, 0) is 14.3 Å². The molecule has 0 aromatic heterocycles. The fourth-order valence-corrected chi connectivity index (χ4v) is 4.47. The third kappa shape index (κ3) is 3.96. The summed E-state index contributed by atoms with van der Waals surface area (Å²) in [6.45, 7) is 3.38. The third-order valence-corrected chi connectivity index (χ3v) is 6.08. The molecule has 1 saturated carbocycles. The van der Waals surface area contributed by atoms with Gasteiger partial charge in [-0.05, 0) is 35.2 Å². The number of hydrogen-bond donors (Lipinski definition) is 1.